The summed E-state index contributed by atoms with van der Waals surface area (Å²) < 4.78 is 12.2. The summed E-state index contributed by atoms with van der Waals surface area (Å²) >= 11 is 0. The van der Waals surface area contributed by atoms with Gasteiger partial charge in [0.15, 0.2) is 17.2 Å². The highest BCUT2D eigenvalue weighted by atomic mass is 16.5. The number of fused-ring (bicyclic) bond motifs is 1. The van der Waals surface area contributed by atoms with Gasteiger partial charge in [-0.1, -0.05) is 0 Å². The number of ether oxygens (including phenoxy) is 1. The van der Waals surface area contributed by atoms with E-state index in [0.717, 1.165) is 17.1 Å². The summed E-state index contributed by atoms with van der Waals surface area (Å²) in [7, 11) is 1.62. The molecule has 3 aromatic rings. The molecule has 6 heteroatoms. The molecule has 0 spiro atoms. The molecule has 1 amide bonds. The Labute approximate surface area is 121 Å². The van der Waals surface area contributed by atoms with Gasteiger partial charge in [-0.25, -0.2) is 4.98 Å². The van der Waals surface area contributed by atoms with Crippen LogP contribution in [0.5, 0.6) is 5.75 Å². The van der Waals surface area contributed by atoms with E-state index in [1.807, 2.05) is 28.9 Å². The highest BCUT2D eigenvalue weighted by Gasteiger charge is 2.09. The Hall–Kier alpha value is -2.76. The van der Waals surface area contributed by atoms with E-state index in [-0.39, 0.29) is 5.91 Å². The first-order valence-electron chi connectivity index (χ1n) is 6.60. The Kier molecular flexibility index (Phi) is 3.59. The number of amides is 1. The van der Waals surface area contributed by atoms with Crippen molar-refractivity contribution in [2.45, 2.75) is 6.42 Å². The highest BCUT2D eigenvalue weighted by molar-refractivity contribution is 5.91. The smallest absolute Gasteiger partial charge is 0.286 e. The maximum Gasteiger partial charge on any atom is 0.286 e. The lowest BCUT2D eigenvalue weighted by Gasteiger charge is -2.00. The lowest BCUT2D eigenvalue weighted by atomic mass is 10.3. The van der Waals surface area contributed by atoms with Crippen LogP contribution < -0.4 is 10.1 Å². The lowest BCUT2D eigenvalue weighted by molar-refractivity contribution is 0.0926. The number of pyridine rings is 1. The van der Waals surface area contributed by atoms with Gasteiger partial charge in [0.2, 0.25) is 0 Å². The quantitative estimate of drug-likeness (QED) is 0.777. The van der Waals surface area contributed by atoms with E-state index in [1.165, 1.54) is 6.26 Å². The summed E-state index contributed by atoms with van der Waals surface area (Å²) in [4.78, 5) is 16.2. The third-order valence-corrected chi connectivity index (χ3v) is 3.13. The molecule has 0 radical (unpaired) electrons. The van der Waals surface area contributed by atoms with Crippen molar-refractivity contribution in [3.8, 4) is 5.75 Å². The number of nitrogens with one attached hydrogen (secondary N) is 1. The van der Waals surface area contributed by atoms with Crippen molar-refractivity contribution in [1.29, 1.82) is 0 Å². The summed E-state index contributed by atoms with van der Waals surface area (Å²) in [5, 5.41) is 2.79. The molecule has 0 aromatic carbocycles. The first kappa shape index (κ1) is 13.2. The first-order chi connectivity index (χ1) is 10.3. The Morgan fingerprint density at radius 3 is 3.10 bits per heavy atom. The molecule has 3 aromatic heterocycles. The van der Waals surface area contributed by atoms with E-state index < -0.39 is 0 Å². The molecule has 0 fully saturated rings. The molecule has 0 aliphatic rings. The van der Waals surface area contributed by atoms with Gasteiger partial charge < -0.3 is 18.9 Å². The predicted octanol–water partition coefficient (Wildman–Crippen LogP) is 1.91. The third-order valence-electron chi connectivity index (χ3n) is 3.13. The fourth-order valence-electron chi connectivity index (χ4n) is 2.12. The van der Waals surface area contributed by atoms with Gasteiger partial charge in [-0.15, -0.1) is 0 Å². The maximum absolute atomic E-state index is 11.7. The number of furan rings is 1. The summed E-state index contributed by atoms with van der Waals surface area (Å²) in [5.74, 6) is 0.816. The third kappa shape index (κ3) is 2.74. The SMILES string of the molecule is COc1cccn2cc(CCNC(=O)c3ccco3)nc12. The lowest BCUT2D eigenvalue weighted by Crippen LogP contribution is -2.25. The van der Waals surface area contributed by atoms with Crippen LogP contribution in [-0.2, 0) is 6.42 Å². The fraction of sp³-hybridized carbons (Fsp3) is 0.200. The summed E-state index contributed by atoms with van der Waals surface area (Å²) in [5.41, 5.74) is 1.66. The number of carbonyl (C=O) groups is 1. The molecule has 3 heterocycles. The first-order valence-corrected chi connectivity index (χ1v) is 6.60. The molecule has 0 saturated heterocycles. The van der Waals surface area contributed by atoms with Gasteiger partial charge in [0.05, 0.1) is 19.1 Å². The minimum absolute atomic E-state index is 0.221. The number of nitrogens with zero attached hydrogens (tertiary/aromatic N) is 2. The maximum atomic E-state index is 11.7. The Morgan fingerprint density at radius 2 is 2.33 bits per heavy atom. The number of methoxy groups -OCH3 is 1. The number of rotatable bonds is 5. The van der Waals surface area contributed by atoms with Crippen LogP contribution in [0.4, 0.5) is 0 Å². The zero-order valence-corrected chi connectivity index (χ0v) is 11.6. The molecule has 0 atom stereocenters. The second kappa shape index (κ2) is 5.70. The zero-order valence-electron chi connectivity index (χ0n) is 11.6. The van der Waals surface area contributed by atoms with Gasteiger partial charge >= 0.3 is 0 Å². The van der Waals surface area contributed by atoms with E-state index in [1.54, 1.807) is 19.2 Å². The number of hydrogen-bond acceptors (Lipinski definition) is 4. The normalized spacial score (nSPS) is 10.7. The number of aromatic nitrogens is 2. The van der Waals surface area contributed by atoms with Crippen molar-refractivity contribution in [3.63, 3.8) is 0 Å². The van der Waals surface area contributed by atoms with E-state index >= 15 is 0 Å². The van der Waals surface area contributed by atoms with Crippen molar-refractivity contribution >= 4 is 11.6 Å². The molecule has 21 heavy (non-hydrogen) atoms. The molecule has 0 unspecified atom stereocenters. The average molecular weight is 285 g/mol. The Balaban J connectivity index is 1.64. The van der Waals surface area contributed by atoms with Gasteiger partial charge in [-0.05, 0) is 24.3 Å². The number of hydrogen-bond donors (Lipinski definition) is 1. The van der Waals surface area contributed by atoms with Crippen LogP contribution in [0.15, 0.2) is 47.3 Å². The van der Waals surface area contributed by atoms with Crippen molar-refractivity contribution < 1.29 is 13.9 Å². The van der Waals surface area contributed by atoms with Crippen molar-refractivity contribution in [2.24, 2.45) is 0 Å². The molecular formula is C15H15N3O3. The molecule has 3 rings (SSSR count). The van der Waals surface area contributed by atoms with Gasteiger partial charge in [0, 0.05) is 25.4 Å². The number of carbonyl (C=O) groups excluding carboxylic acids is 1. The zero-order chi connectivity index (χ0) is 14.7. The second-order valence-corrected chi connectivity index (χ2v) is 4.52. The average Bonchev–Trinajstić information content (AvgIpc) is 3.15. The molecule has 0 aliphatic carbocycles. The predicted molar refractivity (Wildman–Crippen MR) is 76.5 cm³/mol. The van der Waals surface area contributed by atoms with Gasteiger partial charge in [-0.2, -0.15) is 0 Å². The van der Waals surface area contributed by atoms with Crippen molar-refractivity contribution in [1.82, 2.24) is 14.7 Å². The largest absolute Gasteiger partial charge is 0.493 e. The van der Waals surface area contributed by atoms with E-state index in [9.17, 15) is 4.79 Å². The molecule has 1 N–H and O–H groups in total. The van der Waals surface area contributed by atoms with Gasteiger partial charge in [0.25, 0.3) is 5.91 Å². The molecule has 6 nitrogen and oxygen atoms in total. The summed E-state index contributed by atoms with van der Waals surface area (Å²) in [6, 6.07) is 7.08. The fourth-order valence-corrected chi connectivity index (χ4v) is 2.12. The molecule has 0 aliphatic heterocycles. The molecular weight excluding hydrogens is 270 g/mol. The van der Waals surface area contributed by atoms with E-state index in [4.69, 9.17) is 9.15 Å². The van der Waals surface area contributed by atoms with E-state index in [2.05, 4.69) is 10.3 Å². The highest BCUT2D eigenvalue weighted by Crippen LogP contribution is 2.18. The van der Waals surface area contributed by atoms with Crippen LogP contribution in [0.25, 0.3) is 5.65 Å². The molecule has 108 valence electrons. The second-order valence-electron chi connectivity index (χ2n) is 4.52. The molecule has 0 saturated carbocycles. The van der Waals surface area contributed by atoms with Crippen molar-refractivity contribution in [2.75, 3.05) is 13.7 Å². The van der Waals surface area contributed by atoms with Crippen LogP contribution in [0, 0.1) is 0 Å². The monoisotopic (exact) mass is 285 g/mol. The van der Waals surface area contributed by atoms with Crippen LogP contribution in [-0.4, -0.2) is 28.9 Å². The van der Waals surface area contributed by atoms with Crippen LogP contribution in [0.2, 0.25) is 0 Å². The van der Waals surface area contributed by atoms with Gasteiger partial charge in [-0.3, -0.25) is 4.79 Å². The minimum atomic E-state index is -0.221. The topological polar surface area (TPSA) is 68.8 Å². The standard InChI is InChI=1S/C15H15N3O3/c1-20-12-4-2-8-18-10-11(17-14(12)18)6-7-16-15(19)13-5-3-9-21-13/h2-5,8-10H,6-7H2,1H3,(H,16,19). The summed E-state index contributed by atoms with van der Waals surface area (Å²) in [6.07, 6.45) is 5.95. The number of imidazole rings is 1. The van der Waals surface area contributed by atoms with Crippen molar-refractivity contribution in [3.05, 3.63) is 54.4 Å². The summed E-state index contributed by atoms with van der Waals surface area (Å²) in [6.45, 7) is 0.492. The Morgan fingerprint density at radius 1 is 1.43 bits per heavy atom. The van der Waals surface area contributed by atoms with Gasteiger partial charge in [0.1, 0.15) is 0 Å². The Bertz CT molecular complexity index is 747. The minimum Gasteiger partial charge on any atom is -0.493 e. The van der Waals surface area contributed by atoms with Crippen LogP contribution in [0.1, 0.15) is 16.2 Å². The van der Waals surface area contributed by atoms with E-state index in [0.29, 0.717) is 18.7 Å². The van der Waals surface area contributed by atoms with Crippen LogP contribution >= 0.6 is 0 Å². The van der Waals surface area contributed by atoms with Crippen LogP contribution in [0.3, 0.4) is 0 Å². The molecule has 0 bridgehead atoms.